The first-order chi connectivity index (χ1) is 28.4. The van der Waals surface area contributed by atoms with Crippen LogP contribution >= 0.6 is 0 Å². The van der Waals surface area contributed by atoms with E-state index in [1.165, 1.54) is 6.07 Å². The molecule has 6 aliphatic heterocycles. The van der Waals surface area contributed by atoms with Crippen molar-refractivity contribution in [2.75, 3.05) is 74.0 Å². The van der Waals surface area contributed by atoms with E-state index in [1.807, 2.05) is 23.1 Å². The fourth-order valence-electron chi connectivity index (χ4n) is 10.5. The van der Waals surface area contributed by atoms with Gasteiger partial charge in [0.25, 0.3) is 5.91 Å². The van der Waals surface area contributed by atoms with Crippen LogP contribution in [0.5, 0.6) is 5.75 Å². The van der Waals surface area contributed by atoms with Crippen LogP contribution in [0.25, 0.3) is 11.3 Å². The molecule has 59 heavy (non-hydrogen) atoms. The minimum atomic E-state index is -0.712. The monoisotopic (exact) mass is 808 g/mol. The third-order valence-electron chi connectivity index (χ3n) is 13.7. The van der Waals surface area contributed by atoms with E-state index in [0.29, 0.717) is 62.1 Å². The summed E-state index contributed by atoms with van der Waals surface area (Å²) >= 11 is 0. The lowest BCUT2D eigenvalue weighted by molar-refractivity contribution is -0.136. The summed E-state index contributed by atoms with van der Waals surface area (Å²) in [6.45, 7) is 13.5. The number of para-hydroxylation sites is 1. The fourth-order valence-corrected chi connectivity index (χ4v) is 10.5. The second kappa shape index (κ2) is 15.3. The predicted molar refractivity (Wildman–Crippen MR) is 220 cm³/mol. The first kappa shape index (κ1) is 39.0. The summed E-state index contributed by atoms with van der Waals surface area (Å²) in [5.41, 5.74) is 3.71. The number of amides is 5. The molecule has 1 aromatic heterocycles. The van der Waals surface area contributed by atoms with Gasteiger partial charge in [-0.05, 0) is 81.3 Å². The van der Waals surface area contributed by atoms with Crippen LogP contribution in [0.4, 0.5) is 26.4 Å². The smallest absolute Gasteiger partial charge is 0.320 e. The van der Waals surface area contributed by atoms with Gasteiger partial charge in [0.15, 0.2) is 17.4 Å². The number of urea groups is 1. The molecule has 0 bridgehead atoms. The maximum absolute atomic E-state index is 14.4. The zero-order valence-electron chi connectivity index (χ0n) is 34.0. The third-order valence-corrected chi connectivity index (χ3v) is 13.7. The Balaban J connectivity index is 0.792. The van der Waals surface area contributed by atoms with Crippen molar-refractivity contribution in [2.45, 2.75) is 83.1 Å². The van der Waals surface area contributed by atoms with Crippen LogP contribution in [0.1, 0.15) is 68.8 Å². The quantitative estimate of drug-likeness (QED) is 0.311. The van der Waals surface area contributed by atoms with Crippen molar-refractivity contribution in [3.8, 4) is 17.0 Å². The molecule has 9 rings (SSSR count). The lowest BCUT2D eigenvalue weighted by atomic mass is 9.87. The Bertz CT molecular complexity index is 2170. The fraction of sp³-hybridized carbons (Fsp3) is 0.535. The summed E-state index contributed by atoms with van der Waals surface area (Å²) in [4.78, 5) is 64.9. The van der Waals surface area contributed by atoms with Gasteiger partial charge in [0, 0.05) is 101 Å². The number of piperazine rings is 2. The van der Waals surface area contributed by atoms with Crippen LogP contribution in [0.15, 0.2) is 42.5 Å². The first-order valence-corrected chi connectivity index (χ1v) is 21.1. The maximum Gasteiger partial charge on any atom is 0.320 e. The molecular formula is C43H53FN10O5. The van der Waals surface area contributed by atoms with Crippen molar-refractivity contribution in [3.63, 3.8) is 0 Å². The third kappa shape index (κ3) is 6.98. The van der Waals surface area contributed by atoms with E-state index >= 15 is 0 Å². The van der Waals surface area contributed by atoms with Gasteiger partial charge in [-0.15, -0.1) is 10.2 Å². The van der Waals surface area contributed by atoms with Crippen molar-refractivity contribution in [1.82, 2.24) is 35.1 Å². The molecule has 2 aromatic carbocycles. The van der Waals surface area contributed by atoms with E-state index in [0.717, 1.165) is 68.9 Å². The number of imide groups is 1. The number of nitrogens with one attached hydrogen (secondary N) is 2. The van der Waals surface area contributed by atoms with Crippen molar-refractivity contribution < 1.29 is 28.7 Å². The molecular weight excluding hydrogens is 756 g/mol. The van der Waals surface area contributed by atoms with E-state index in [1.54, 1.807) is 17.0 Å². The van der Waals surface area contributed by atoms with Crippen LogP contribution in [0.3, 0.4) is 0 Å². The molecule has 4 atom stereocenters. The molecule has 0 unspecified atom stereocenters. The number of piperidine rings is 2. The lowest BCUT2D eigenvalue weighted by Crippen LogP contribution is -2.70. The molecule has 3 aromatic rings. The minimum Gasteiger partial charge on any atom is -0.504 e. The molecule has 0 saturated carbocycles. The van der Waals surface area contributed by atoms with Crippen molar-refractivity contribution in [3.05, 3.63) is 59.4 Å². The number of aromatic hydroxyl groups is 1. The lowest BCUT2D eigenvalue weighted by Gasteiger charge is -2.55. The Morgan fingerprint density at radius 2 is 1.75 bits per heavy atom. The number of phenolic OH excluding ortho intramolecular Hbond substituents is 1. The summed E-state index contributed by atoms with van der Waals surface area (Å²) in [6, 6.07) is 11.8. The Kier molecular flexibility index (Phi) is 10.1. The van der Waals surface area contributed by atoms with Crippen molar-refractivity contribution >= 4 is 40.9 Å². The highest BCUT2D eigenvalue weighted by Crippen LogP contribution is 2.42. The molecule has 15 nitrogen and oxygen atoms in total. The Labute approximate surface area is 343 Å². The Hall–Kier alpha value is -5.51. The van der Waals surface area contributed by atoms with Crippen molar-refractivity contribution in [2.24, 2.45) is 5.92 Å². The van der Waals surface area contributed by atoms with Crippen LogP contribution in [0.2, 0.25) is 0 Å². The highest BCUT2D eigenvalue weighted by molar-refractivity contribution is 6.05. The number of aromatic nitrogens is 2. The predicted octanol–water partition coefficient (Wildman–Crippen LogP) is 3.88. The summed E-state index contributed by atoms with van der Waals surface area (Å²) in [7, 11) is 0. The van der Waals surface area contributed by atoms with Gasteiger partial charge >= 0.3 is 6.03 Å². The molecule has 0 spiro atoms. The second-order valence-electron chi connectivity index (χ2n) is 17.4. The summed E-state index contributed by atoms with van der Waals surface area (Å²) in [5, 5.41) is 24.9. The van der Waals surface area contributed by atoms with Crippen LogP contribution < -0.4 is 20.4 Å². The number of carbonyl (C=O) groups excluding carboxylic acids is 4. The largest absolute Gasteiger partial charge is 0.504 e. The van der Waals surface area contributed by atoms with Gasteiger partial charge in [-0.1, -0.05) is 19.1 Å². The molecule has 312 valence electrons. The van der Waals surface area contributed by atoms with E-state index in [9.17, 15) is 28.7 Å². The van der Waals surface area contributed by atoms with E-state index in [4.69, 9.17) is 0 Å². The Morgan fingerprint density at radius 3 is 2.49 bits per heavy atom. The average Bonchev–Trinajstić information content (AvgIpc) is 3.56. The number of hydrogen-bond acceptors (Lipinski definition) is 11. The van der Waals surface area contributed by atoms with Crippen molar-refractivity contribution in [1.29, 1.82) is 0 Å². The van der Waals surface area contributed by atoms with E-state index in [-0.39, 0.29) is 47.5 Å². The van der Waals surface area contributed by atoms with Crippen LogP contribution in [0, 0.1) is 11.7 Å². The van der Waals surface area contributed by atoms with Gasteiger partial charge in [0.2, 0.25) is 11.8 Å². The van der Waals surface area contributed by atoms with Gasteiger partial charge in [-0.25, -0.2) is 9.18 Å². The van der Waals surface area contributed by atoms with Gasteiger partial charge in [-0.2, -0.15) is 0 Å². The number of benzene rings is 2. The molecule has 4 saturated heterocycles. The zero-order chi connectivity index (χ0) is 41.2. The highest BCUT2D eigenvalue weighted by atomic mass is 19.1. The average molecular weight is 809 g/mol. The normalized spacial score (nSPS) is 26.3. The first-order valence-electron chi connectivity index (χ1n) is 21.1. The SMILES string of the molecule is CC[C@]12CNc3nnc(-c4cccc(F)c4O)cc3N1CCN(C(=O)N1[C@H](C)CN(CC3CCN(c4ccc5c(c4)C(=O)N([C@@H]4CCC(=O)NC4=O)C5)CC3)C[C@@H]1C)C2. The number of rotatable bonds is 6. The molecule has 4 fully saturated rings. The molecule has 6 aliphatic rings. The number of carbonyl (C=O) groups is 4. The number of nitrogens with zero attached hydrogens (tertiary/aromatic N) is 8. The van der Waals surface area contributed by atoms with Gasteiger partial charge < -0.3 is 34.9 Å². The molecule has 16 heteroatoms. The zero-order valence-corrected chi connectivity index (χ0v) is 34.0. The van der Waals surface area contributed by atoms with Crippen LogP contribution in [-0.2, 0) is 16.1 Å². The summed E-state index contributed by atoms with van der Waals surface area (Å²) in [5.74, 6) is -0.828. The number of anilines is 3. The van der Waals surface area contributed by atoms with Gasteiger partial charge in [0.05, 0.1) is 16.9 Å². The van der Waals surface area contributed by atoms with Gasteiger partial charge in [-0.3, -0.25) is 24.6 Å². The maximum atomic E-state index is 14.4. The van der Waals surface area contributed by atoms with Gasteiger partial charge in [0.1, 0.15) is 6.04 Å². The van der Waals surface area contributed by atoms with E-state index < -0.39 is 23.5 Å². The number of phenols is 1. The van der Waals surface area contributed by atoms with E-state index in [2.05, 4.69) is 67.3 Å². The standard InChI is InChI=1S/C43H53FN10O5/c1-4-43-24-45-39-36(19-34(47-48-39)31-6-5-7-33(44)38(31)56)53(43)17-16-51(25-43)42(59)54-26(2)20-49(21-27(54)3)22-28-12-14-50(15-13-28)30-9-8-29-23-52(41(58)32(29)18-30)35-10-11-37(55)46-40(35)57/h5-9,18-19,26-28,35,56H,4,10-17,20-25H2,1-3H3,(H,45,48)(H,46,55,57)/t26-,27+,35-,43-/m1/s1. The highest BCUT2D eigenvalue weighted by Gasteiger charge is 2.48. The number of fused-ring (bicyclic) bond motifs is 4. The topological polar surface area (TPSA) is 158 Å². The molecule has 7 heterocycles. The number of hydrogen-bond donors (Lipinski definition) is 3. The molecule has 3 N–H and O–H groups in total. The number of halogens is 1. The summed E-state index contributed by atoms with van der Waals surface area (Å²) < 4.78 is 14.2. The van der Waals surface area contributed by atoms with Crippen LogP contribution in [-0.4, -0.2) is 141 Å². The second-order valence-corrected chi connectivity index (χ2v) is 17.4. The summed E-state index contributed by atoms with van der Waals surface area (Å²) in [6.07, 6.45) is 3.45. The minimum absolute atomic E-state index is 0.0487. The molecule has 0 radical (unpaired) electrons. The molecule has 0 aliphatic carbocycles. The Morgan fingerprint density at radius 1 is 0.966 bits per heavy atom. The molecule has 5 amide bonds.